The molecule has 2 aromatic rings. The molecule has 2 rings (SSSR count). The van der Waals surface area contributed by atoms with Crippen LogP contribution in [0.4, 0.5) is 13.2 Å². The average molecular weight is 387 g/mol. The predicted octanol–water partition coefficient (Wildman–Crippen LogP) is 1.92. The van der Waals surface area contributed by atoms with Gasteiger partial charge in [-0.25, -0.2) is 9.50 Å². The third-order valence-corrected chi connectivity index (χ3v) is 4.21. The molecule has 2 heterocycles. The van der Waals surface area contributed by atoms with Crippen molar-refractivity contribution < 1.29 is 27.9 Å². The summed E-state index contributed by atoms with van der Waals surface area (Å²) in [7, 11) is 0. The molecule has 0 spiro atoms. The SMILES string of the molecule is Cc1nc2nc(C(F)(F)F)nn2c(C)c1CCC(=O)NCC(C)(C)C(=O)O. The predicted molar refractivity (Wildman–Crippen MR) is 88.0 cm³/mol. The van der Waals surface area contributed by atoms with Crippen LogP contribution in [0.15, 0.2) is 0 Å². The second-order valence-corrected chi connectivity index (χ2v) is 6.87. The maximum Gasteiger partial charge on any atom is 0.453 e. The average Bonchev–Trinajstić information content (AvgIpc) is 2.97. The Morgan fingerprint density at radius 1 is 1.19 bits per heavy atom. The van der Waals surface area contributed by atoms with Crippen molar-refractivity contribution in [3.05, 3.63) is 22.8 Å². The standard InChI is InChI=1S/C16H20F3N5O3/c1-8-10(5-6-11(25)20-7-15(3,4)13(26)27)9(2)24-14(21-8)22-12(23-24)16(17,18)19/h5-7H2,1-4H3,(H,20,25)(H,26,27). The summed E-state index contributed by atoms with van der Waals surface area (Å²) < 4.78 is 39.4. The molecule has 0 aliphatic carbocycles. The first-order valence-electron chi connectivity index (χ1n) is 8.13. The van der Waals surface area contributed by atoms with Crippen molar-refractivity contribution in [2.24, 2.45) is 5.41 Å². The molecule has 0 aliphatic rings. The number of alkyl halides is 3. The van der Waals surface area contributed by atoms with Gasteiger partial charge in [0, 0.05) is 24.4 Å². The zero-order valence-electron chi connectivity index (χ0n) is 15.3. The summed E-state index contributed by atoms with van der Waals surface area (Å²) in [5.74, 6) is -2.83. The van der Waals surface area contributed by atoms with Crippen molar-refractivity contribution in [1.82, 2.24) is 24.9 Å². The Morgan fingerprint density at radius 2 is 1.81 bits per heavy atom. The number of carboxylic acids is 1. The van der Waals surface area contributed by atoms with Crippen molar-refractivity contribution in [2.45, 2.75) is 46.7 Å². The molecule has 11 heteroatoms. The van der Waals surface area contributed by atoms with E-state index in [1.165, 1.54) is 13.8 Å². The highest BCUT2D eigenvalue weighted by Gasteiger charge is 2.37. The summed E-state index contributed by atoms with van der Waals surface area (Å²) in [6.45, 7) is 6.15. The van der Waals surface area contributed by atoms with Crippen molar-refractivity contribution in [1.29, 1.82) is 0 Å². The molecule has 2 aromatic heterocycles. The maximum absolute atomic E-state index is 12.8. The van der Waals surface area contributed by atoms with Crippen molar-refractivity contribution in [3.63, 3.8) is 0 Å². The number of nitrogens with one attached hydrogen (secondary N) is 1. The van der Waals surface area contributed by atoms with Gasteiger partial charge in [-0.15, -0.1) is 5.10 Å². The molecule has 0 radical (unpaired) electrons. The fraction of sp³-hybridized carbons (Fsp3) is 0.562. The molecule has 27 heavy (non-hydrogen) atoms. The van der Waals surface area contributed by atoms with E-state index in [0.717, 1.165) is 4.52 Å². The first-order chi connectivity index (χ1) is 12.3. The molecule has 0 unspecified atom stereocenters. The van der Waals surface area contributed by atoms with Gasteiger partial charge in [0.15, 0.2) is 0 Å². The molecule has 2 N–H and O–H groups in total. The Balaban J connectivity index is 2.15. The number of amides is 1. The van der Waals surface area contributed by atoms with Gasteiger partial charge in [0.1, 0.15) is 0 Å². The minimum absolute atomic E-state index is 0.0331. The first kappa shape index (κ1) is 20.6. The van der Waals surface area contributed by atoms with Crippen LogP contribution in [0.1, 0.15) is 43.0 Å². The van der Waals surface area contributed by atoms with Crippen LogP contribution >= 0.6 is 0 Å². The number of hydrogen-bond acceptors (Lipinski definition) is 5. The van der Waals surface area contributed by atoms with E-state index in [2.05, 4.69) is 20.4 Å². The summed E-state index contributed by atoms with van der Waals surface area (Å²) in [5.41, 5.74) is 0.365. The zero-order chi connectivity index (χ0) is 20.6. The summed E-state index contributed by atoms with van der Waals surface area (Å²) in [4.78, 5) is 30.5. The number of carbonyl (C=O) groups excluding carboxylic acids is 1. The largest absolute Gasteiger partial charge is 0.481 e. The first-order valence-corrected chi connectivity index (χ1v) is 8.13. The van der Waals surface area contributed by atoms with Crippen LogP contribution in [0.3, 0.4) is 0 Å². The van der Waals surface area contributed by atoms with E-state index in [9.17, 15) is 22.8 Å². The van der Waals surface area contributed by atoms with Gasteiger partial charge in [0.05, 0.1) is 5.41 Å². The number of nitrogens with zero attached hydrogens (tertiary/aromatic N) is 4. The minimum Gasteiger partial charge on any atom is -0.481 e. The van der Waals surface area contributed by atoms with E-state index in [-0.39, 0.29) is 31.1 Å². The monoisotopic (exact) mass is 387 g/mol. The highest BCUT2D eigenvalue weighted by atomic mass is 19.4. The molecule has 148 valence electrons. The van der Waals surface area contributed by atoms with Crippen LogP contribution in [-0.2, 0) is 22.2 Å². The van der Waals surface area contributed by atoms with Gasteiger partial charge in [-0.05, 0) is 39.7 Å². The molecule has 0 saturated carbocycles. The van der Waals surface area contributed by atoms with E-state index >= 15 is 0 Å². The van der Waals surface area contributed by atoms with Crippen LogP contribution < -0.4 is 5.32 Å². The highest BCUT2D eigenvalue weighted by Crippen LogP contribution is 2.27. The van der Waals surface area contributed by atoms with Gasteiger partial charge < -0.3 is 10.4 Å². The maximum atomic E-state index is 12.8. The number of halogens is 3. The van der Waals surface area contributed by atoms with Crippen LogP contribution in [0.5, 0.6) is 0 Å². The number of hydrogen-bond donors (Lipinski definition) is 2. The number of carbonyl (C=O) groups is 2. The van der Waals surface area contributed by atoms with Crippen LogP contribution in [0.25, 0.3) is 5.78 Å². The third-order valence-electron chi connectivity index (χ3n) is 4.21. The van der Waals surface area contributed by atoms with Crippen LogP contribution in [-0.4, -0.2) is 43.1 Å². The summed E-state index contributed by atoms with van der Waals surface area (Å²) in [5, 5.41) is 15.0. The van der Waals surface area contributed by atoms with Gasteiger partial charge in [-0.1, -0.05) is 0 Å². The Kier molecular flexibility index (Phi) is 5.43. The second-order valence-electron chi connectivity index (χ2n) is 6.87. The lowest BCUT2D eigenvalue weighted by atomic mass is 9.94. The van der Waals surface area contributed by atoms with Gasteiger partial charge in [0.25, 0.3) is 11.6 Å². The summed E-state index contributed by atoms with van der Waals surface area (Å²) in [6, 6.07) is 0. The molecule has 0 aromatic carbocycles. The number of aryl methyl sites for hydroxylation is 2. The van der Waals surface area contributed by atoms with Gasteiger partial charge in [-0.3, -0.25) is 9.59 Å². The summed E-state index contributed by atoms with van der Waals surface area (Å²) >= 11 is 0. The molecule has 0 atom stereocenters. The van der Waals surface area contributed by atoms with Crippen molar-refractivity contribution in [2.75, 3.05) is 6.54 Å². The Hall–Kier alpha value is -2.72. The Bertz CT molecular complexity index is 890. The number of aromatic nitrogens is 4. The quantitative estimate of drug-likeness (QED) is 0.784. The van der Waals surface area contributed by atoms with E-state index in [4.69, 9.17) is 5.11 Å². The normalized spacial score (nSPS) is 12.4. The Labute approximate surface area is 152 Å². The number of fused-ring (bicyclic) bond motifs is 1. The van der Waals surface area contributed by atoms with E-state index in [1.54, 1.807) is 13.8 Å². The minimum atomic E-state index is -4.68. The number of aliphatic carboxylic acids is 1. The van der Waals surface area contributed by atoms with Gasteiger partial charge in [0.2, 0.25) is 5.91 Å². The smallest absolute Gasteiger partial charge is 0.453 e. The third kappa shape index (κ3) is 4.52. The molecular weight excluding hydrogens is 367 g/mol. The van der Waals surface area contributed by atoms with Crippen LogP contribution in [0.2, 0.25) is 0 Å². The fourth-order valence-corrected chi connectivity index (χ4v) is 2.41. The lowest BCUT2D eigenvalue weighted by Crippen LogP contribution is -2.39. The van der Waals surface area contributed by atoms with E-state index in [1.807, 2.05) is 0 Å². The zero-order valence-corrected chi connectivity index (χ0v) is 15.3. The van der Waals surface area contributed by atoms with Crippen molar-refractivity contribution in [3.8, 4) is 0 Å². The van der Waals surface area contributed by atoms with E-state index < -0.39 is 23.4 Å². The summed E-state index contributed by atoms with van der Waals surface area (Å²) in [6.07, 6.45) is -4.42. The van der Waals surface area contributed by atoms with E-state index in [0.29, 0.717) is 17.0 Å². The van der Waals surface area contributed by atoms with Gasteiger partial charge >= 0.3 is 12.1 Å². The second kappa shape index (κ2) is 7.12. The Morgan fingerprint density at radius 3 is 2.37 bits per heavy atom. The molecule has 0 fully saturated rings. The highest BCUT2D eigenvalue weighted by molar-refractivity contribution is 5.78. The fourth-order valence-electron chi connectivity index (χ4n) is 2.41. The lowest BCUT2D eigenvalue weighted by Gasteiger charge is -2.19. The number of rotatable bonds is 6. The topological polar surface area (TPSA) is 109 Å². The molecule has 0 bridgehead atoms. The molecule has 0 aliphatic heterocycles. The number of carboxylic acid groups (broad SMARTS) is 1. The van der Waals surface area contributed by atoms with Crippen molar-refractivity contribution >= 4 is 17.7 Å². The molecular formula is C16H20F3N5O3. The van der Waals surface area contributed by atoms with Gasteiger partial charge in [-0.2, -0.15) is 18.2 Å². The lowest BCUT2D eigenvalue weighted by molar-refractivity contribution is -0.147. The van der Waals surface area contributed by atoms with Crippen LogP contribution in [0, 0.1) is 19.3 Å². The molecule has 8 nitrogen and oxygen atoms in total. The molecule has 0 saturated heterocycles. The molecule has 1 amide bonds.